The molecule has 0 amide bonds. The highest BCUT2D eigenvalue weighted by Crippen LogP contribution is 2.28. The van der Waals surface area contributed by atoms with Gasteiger partial charge >= 0.3 is 0 Å². The van der Waals surface area contributed by atoms with E-state index in [1.807, 2.05) is 24.3 Å². The van der Waals surface area contributed by atoms with Crippen LogP contribution in [0.4, 0.5) is 4.39 Å². The lowest BCUT2D eigenvalue weighted by Gasteiger charge is -2.08. The fourth-order valence-corrected chi connectivity index (χ4v) is 2.64. The SMILES string of the molecule is CCCCc1cccc(-c2ncc(F)c3ccccc23)c1. The highest BCUT2D eigenvalue weighted by molar-refractivity contribution is 5.94. The van der Waals surface area contributed by atoms with Gasteiger partial charge in [-0.15, -0.1) is 0 Å². The second-order valence-corrected chi connectivity index (χ2v) is 5.30. The Bertz CT molecular complexity index is 764. The Morgan fingerprint density at radius 2 is 1.81 bits per heavy atom. The monoisotopic (exact) mass is 279 g/mol. The lowest BCUT2D eigenvalue weighted by Crippen LogP contribution is -1.91. The lowest BCUT2D eigenvalue weighted by molar-refractivity contribution is 0.634. The van der Waals surface area contributed by atoms with Gasteiger partial charge in [0, 0.05) is 16.3 Å². The van der Waals surface area contributed by atoms with Gasteiger partial charge in [-0.05, 0) is 24.5 Å². The van der Waals surface area contributed by atoms with E-state index >= 15 is 0 Å². The van der Waals surface area contributed by atoms with Crippen molar-refractivity contribution in [2.24, 2.45) is 0 Å². The Hall–Kier alpha value is -2.22. The Balaban J connectivity index is 2.10. The molecule has 0 atom stereocenters. The van der Waals surface area contributed by atoms with Gasteiger partial charge in [0.15, 0.2) is 0 Å². The third-order valence-electron chi connectivity index (χ3n) is 3.77. The minimum absolute atomic E-state index is 0.267. The van der Waals surface area contributed by atoms with Gasteiger partial charge in [-0.25, -0.2) is 4.39 Å². The van der Waals surface area contributed by atoms with E-state index in [0.29, 0.717) is 5.39 Å². The first-order valence-electron chi connectivity index (χ1n) is 7.42. The standard InChI is InChI=1S/C19H18FN/c1-2-3-7-14-8-6-9-15(12-14)19-17-11-5-4-10-16(17)18(20)13-21-19/h4-6,8-13H,2-3,7H2,1H3. The highest BCUT2D eigenvalue weighted by Gasteiger charge is 2.09. The van der Waals surface area contributed by atoms with Gasteiger partial charge < -0.3 is 0 Å². The van der Waals surface area contributed by atoms with Crippen LogP contribution in [0.15, 0.2) is 54.7 Å². The predicted molar refractivity (Wildman–Crippen MR) is 85.7 cm³/mol. The van der Waals surface area contributed by atoms with Crippen LogP contribution < -0.4 is 0 Å². The molecule has 1 heterocycles. The van der Waals surface area contributed by atoms with Crippen LogP contribution in [0.5, 0.6) is 0 Å². The number of benzene rings is 2. The molecule has 1 nitrogen and oxygen atoms in total. The summed E-state index contributed by atoms with van der Waals surface area (Å²) in [7, 11) is 0. The topological polar surface area (TPSA) is 12.9 Å². The fourth-order valence-electron chi connectivity index (χ4n) is 2.64. The maximum atomic E-state index is 13.9. The van der Waals surface area contributed by atoms with Crippen LogP contribution in [-0.4, -0.2) is 4.98 Å². The molecule has 0 bridgehead atoms. The van der Waals surface area contributed by atoms with E-state index in [2.05, 4.69) is 30.1 Å². The van der Waals surface area contributed by atoms with Crippen molar-refractivity contribution in [3.8, 4) is 11.3 Å². The molecule has 0 fully saturated rings. The number of unbranched alkanes of at least 4 members (excludes halogenated alkanes) is 1. The van der Waals surface area contributed by atoms with Crippen LogP contribution in [0, 0.1) is 5.82 Å². The Labute approximate surface area is 124 Å². The first-order chi connectivity index (χ1) is 10.3. The van der Waals surface area contributed by atoms with Crippen molar-refractivity contribution in [1.82, 2.24) is 4.98 Å². The van der Waals surface area contributed by atoms with Crippen molar-refractivity contribution < 1.29 is 4.39 Å². The molecule has 3 rings (SSSR count). The number of hydrogen-bond donors (Lipinski definition) is 0. The number of rotatable bonds is 4. The van der Waals surface area contributed by atoms with Crippen LogP contribution in [0.1, 0.15) is 25.3 Å². The van der Waals surface area contributed by atoms with Gasteiger partial charge in [0.25, 0.3) is 0 Å². The smallest absolute Gasteiger partial charge is 0.149 e. The summed E-state index contributed by atoms with van der Waals surface area (Å²) in [4.78, 5) is 4.32. The largest absolute Gasteiger partial charge is 0.253 e. The zero-order valence-corrected chi connectivity index (χ0v) is 12.1. The number of nitrogens with zero attached hydrogens (tertiary/aromatic N) is 1. The number of hydrogen-bond acceptors (Lipinski definition) is 1. The molecule has 0 radical (unpaired) electrons. The summed E-state index contributed by atoms with van der Waals surface area (Å²) in [5.74, 6) is -0.267. The zero-order chi connectivity index (χ0) is 14.7. The minimum Gasteiger partial charge on any atom is -0.253 e. The van der Waals surface area contributed by atoms with E-state index in [9.17, 15) is 4.39 Å². The summed E-state index contributed by atoms with van der Waals surface area (Å²) in [6.45, 7) is 2.19. The molecule has 3 aromatic rings. The molecule has 21 heavy (non-hydrogen) atoms. The van der Waals surface area contributed by atoms with Crippen LogP contribution in [-0.2, 0) is 6.42 Å². The molecular weight excluding hydrogens is 261 g/mol. The molecule has 106 valence electrons. The Morgan fingerprint density at radius 1 is 1.00 bits per heavy atom. The van der Waals surface area contributed by atoms with E-state index in [4.69, 9.17) is 0 Å². The second-order valence-electron chi connectivity index (χ2n) is 5.30. The molecule has 0 N–H and O–H groups in total. The maximum Gasteiger partial charge on any atom is 0.149 e. The number of aromatic nitrogens is 1. The van der Waals surface area contributed by atoms with Crippen molar-refractivity contribution in [3.63, 3.8) is 0 Å². The molecule has 0 saturated heterocycles. The van der Waals surface area contributed by atoms with E-state index in [1.165, 1.54) is 24.6 Å². The molecule has 2 aromatic carbocycles. The normalized spacial score (nSPS) is 11.0. The summed E-state index contributed by atoms with van der Waals surface area (Å²) in [6.07, 6.45) is 4.75. The van der Waals surface area contributed by atoms with Gasteiger partial charge in [0.05, 0.1) is 11.9 Å². The summed E-state index contributed by atoms with van der Waals surface area (Å²) in [5, 5.41) is 1.49. The first kappa shape index (κ1) is 13.7. The van der Waals surface area contributed by atoms with Gasteiger partial charge in [-0.3, -0.25) is 4.98 Å². The number of pyridine rings is 1. The molecule has 1 aromatic heterocycles. The third-order valence-corrected chi connectivity index (χ3v) is 3.77. The molecular formula is C19H18FN. The fraction of sp³-hybridized carbons (Fsp3) is 0.211. The minimum atomic E-state index is -0.267. The third kappa shape index (κ3) is 2.80. The van der Waals surface area contributed by atoms with Crippen LogP contribution in [0.2, 0.25) is 0 Å². The van der Waals surface area contributed by atoms with Crippen LogP contribution in [0.3, 0.4) is 0 Å². The lowest BCUT2D eigenvalue weighted by atomic mass is 10.00. The van der Waals surface area contributed by atoms with Crippen LogP contribution >= 0.6 is 0 Å². The molecule has 0 aliphatic heterocycles. The van der Waals surface area contributed by atoms with Crippen molar-refractivity contribution in [1.29, 1.82) is 0 Å². The summed E-state index contributed by atoms with van der Waals surface area (Å²) in [5.41, 5.74) is 3.22. The predicted octanol–water partition coefficient (Wildman–Crippen LogP) is 5.38. The van der Waals surface area contributed by atoms with Crippen molar-refractivity contribution >= 4 is 10.8 Å². The Morgan fingerprint density at radius 3 is 2.62 bits per heavy atom. The molecule has 2 heteroatoms. The van der Waals surface area contributed by atoms with E-state index in [1.54, 1.807) is 6.07 Å². The van der Waals surface area contributed by atoms with Crippen LogP contribution in [0.25, 0.3) is 22.0 Å². The first-order valence-corrected chi connectivity index (χ1v) is 7.42. The van der Waals surface area contributed by atoms with E-state index < -0.39 is 0 Å². The average molecular weight is 279 g/mol. The van der Waals surface area contributed by atoms with Gasteiger partial charge in [0.1, 0.15) is 5.82 Å². The summed E-state index contributed by atoms with van der Waals surface area (Å²) >= 11 is 0. The molecule has 0 aliphatic carbocycles. The zero-order valence-electron chi connectivity index (χ0n) is 12.1. The number of aryl methyl sites for hydroxylation is 1. The average Bonchev–Trinajstić information content (AvgIpc) is 2.54. The van der Waals surface area contributed by atoms with Crippen molar-refractivity contribution in [2.75, 3.05) is 0 Å². The second kappa shape index (κ2) is 6.04. The number of fused-ring (bicyclic) bond motifs is 1. The highest BCUT2D eigenvalue weighted by atomic mass is 19.1. The maximum absolute atomic E-state index is 13.9. The molecule has 0 spiro atoms. The van der Waals surface area contributed by atoms with Gasteiger partial charge in [-0.1, -0.05) is 55.8 Å². The molecule has 0 unspecified atom stereocenters. The summed E-state index contributed by atoms with van der Waals surface area (Å²) < 4.78 is 13.9. The number of halogens is 1. The summed E-state index contributed by atoms with van der Waals surface area (Å²) in [6, 6.07) is 15.9. The van der Waals surface area contributed by atoms with Gasteiger partial charge in [-0.2, -0.15) is 0 Å². The van der Waals surface area contributed by atoms with Crippen molar-refractivity contribution in [2.45, 2.75) is 26.2 Å². The quantitative estimate of drug-likeness (QED) is 0.624. The van der Waals surface area contributed by atoms with E-state index in [-0.39, 0.29) is 5.82 Å². The van der Waals surface area contributed by atoms with Crippen molar-refractivity contribution in [3.05, 3.63) is 66.1 Å². The Kier molecular flexibility index (Phi) is 3.96. The van der Waals surface area contributed by atoms with Gasteiger partial charge in [0.2, 0.25) is 0 Å². The van der Waals surface area contributed by atoms with E-state index in [0.717, 1.165) is 23.1 Å². The molecule has 0 saturated carbocycles. The molecule has 0 aliphatic rings.